The zero-order valence-electron chi connectivity index (χ0n) is 6.18. The molecule has 4 heteroatoms. The molecular weight excluding hydrogens is 218 g/mol. The summed E-state index contributed by atoms with van der Waals surface area (Å²) in [4.78, 5) is 0. The first kappa shape index (κ1) is 7.49. The number of aromatic nitrogens is 3. The molecule has 0 atom stereocenters. The second-order valence-corrected chi connectivity index (χ2v) is 3.02. The summed E-state index contributed by atoms with van der Waals surface area (Å²) < 4.78 is 1.57. The smallest absolute Gasteiger partial charge is 0.102 e. The molecule has 0 saturated heterocycles. The van der Waals surface area contributed by atoms with Crippen LogP contribution in [0.4, 0.5) is 0 Å². The molecule has 0 unspecified atom stereocenters. The van der Waals surface area contributed by atoms with Crippen LogP contribution in [0.1, 0.15) is 0 Å². The van der Waals surface area contributed by atoms with E-state index < -0.39 is 0 Å². The Morgan fingerprint density at radius 3 is 2.50 bits per heavy atom. The molecule has 0 fully saturated rings. The minimum absolute atomic E-state index is 0.954. The highest BCUT2D eigenvalue weighted by Gasteiger charge is 2.01. The maximum absolute atomic E-state index is 3.78. The summed E-state index contributed by atoms with van der Waals surface area (Å²) in [5.74, 6) is 0. The molecule has 60 valence electrons. The molecular formula is C8H6BrN3. The van der Waals surface area contributed by atoms with E-state index in [4.69, 9.17) is 0 Å². The van der Waals surface area contributed by atoms with Gasteiger partial charge in [0.15, 0.2) is 0 Å². The van der Waals surface area contributed by atoms with Gasteiger partial charge in [-0.15, -0.1) is 5.10 Å². The first-order chi connectivity index (χ1) is 5.88. The third-order valence-electron chi connectivity index (χ3n) is 1.58. The summed E-state index contributed by atoms with van der Waals surface area (Å²) in [6.07, 6.45) is 1.71. The van der Waals surface area contributed by atoms with Crippen molar-refractivity contribution in [1.29, 1.82) is 0 Å². The van der Waals surface area contributed by atoms with E-state index in [1.54, 1.807) is 9.90 Å². The molecule has 1 aromatic heterocycles. The normalized spacial score (nSPS) is 10.1. The lowest BCUT2D eigenvalue weighted by molar-refractivity contribution is 0.907. The van der Waals surface area contributed by atoms with Crippen LogP contribution in [0.25, 0.3) is 11.3 Å². The fourth-order valence-electron chi connectivity index (χ4n) is 1.01. The van der Waals surface area contributed by atoms with Crippen LogP contribution in [-0.2, 0) is 0 Å². The molecule has 0 aliphatic rings. The molecule has 0 N–H and O–H groups in total. The van der Waals surface area contributed by atoms with Crippen molar-refractivity contribution in [2.75, 3.05) is 0 Å². The van der Waals surface area contributed by atoms with Gasteiger partial charge in [-0.3, -0.25) is 0 Å². The maximum atomic E-state index is 3.78. The first-order valence-electron chi connectivity index (χ1n) is 3.50. The average molecular weight is 224 g/mol. The molecule has 1 heterocycles. The average Bonchev–Trinajstić information content (AvgIpc) is 2.53. The van der Waals surface area contributed by atoms with Crippen molar-refractivity contribution >= 4 is 16.1 Å². The lowest BCUT2D eigenvalue weighted by atomic mass is 10.2. The van der Waals surface area contributed by atoms with Crippen LogP contribution in [-0.4, -0.2) is 14.0 Å². The topological polar surface area (TPSA) is 30.7 Å². The zero-order chi connectivity index (χ0) is 8.39. The minimum atomic E-state index is 0.954. The molecule has 1 aromatic carbocycles. The number of rotatable bonds is 1. The highest BCUT2D eigenvalue weighted by atomic mass is 79.9. The van der Waals surface area contributed by atoms with Gasteiger partial charge in [0.05, 0.1) is 22.3 Å². The Bertz CT molecular complexity index is 369. The van der Waals surface area contributed by atoms with Crippen LogP contribution < -0.4 is 0 Å². The summed E-state index contributed by atoms with van der Waals surface area (Å²) in [6, 6.07) is 9.96. The quantitative estimate of drug-likeness (QED) is 0.742. The largest absolute Gasteiger partial charge is 0.177 e. The Morgan fingerprint density at radius 1 is 1.17 bits per heavy atom. The summed E-state index contributed by atoms with van der Waals surface area (Å²) >= 11 is 3.25. The highest BCUT2D eigenvalue weighted by molar-refractivity contribution is 9.08. The van der Waals surface area contributed by atoms with Gasteiger partial charge in [0.1, 0.15) is 5.69 Å². The van der Waals surface area contributed by atoms with Crippen LogP contribution in [0.5, 0.6) is 0 Å². The lowest BCUT2D eigenvalue weighted by Crippen LogP contribution is -1.85. The van der Waals surface area contributed by atoms with Gasteiger partial charge in [-0.25, -0.2) is 0 Å². The van der Waals surface area contributed by atoms with Crippen molar-refractivity contribution in [2.45, 2.75) is 0 Å². The van der Waals surface area contributed by atoms with E-state index in [-0.39, 0.29) is 0 Å². The van der Waals surface area contributed by atoms with E-state index in [2.05, 4.69) is 26.5 Å². The van der Waals surface area contributed by atoms with Gasteiger partial charge in [-0.1, -0.05) is 35.5 Å². The Balaban J connectivity index is 2.51. The van der Waals surface area contributed by atoms with Crippen LogP contribution in [0.15, 0.2) is 36.5 Å². The molecule has 0 aliphatic carbocycles. The van der Waals surface area contributed by atoms with Crippen molar-refractivity contribution < 1.29 is 0 Å². The van der Waals surface area contributed by atoms with Crippen LogP contribution in [0, 0.1) is 0 Å². The molecule has 12 heavy (non-hydrogen) atoms. The van der Waals surface area contributed by atoms with Gasteiger partial charge in [0.2, 0.25) is 0 Å². The molecule has 2 rings (SSSR count). The fourth-order valence-corrected chi connectivity index (χ4v) is 1.39. The SMILES string of the molecule is Brn1nncc1-c1ccccc1. The maximum Gasteiger partial charge on any atom is 0.102 e. The molecule has 0 aliphatic heterocycles. The summed E-state index contributed by atoms with van der Waals surface area (Å²) in [6.45, 7) is 0. The third kappa shape index (κ3) is 1.25. The Labute approximate surface area is 78.4 Å². The summed E-state index contributed by atoms with van der Waals surface area (Å²) in [5.41, 5.74) is 2.05. The Hall–Kier alpha value is -1.16. The molecule has 3 nitrogen and oxygen atoms in total. The Morgan fingerprint density at radius 2 is 1.92 bits per heavy atom. The van der Waals surface area contributed by atoms with Gasteiger partial charge < -0.3 is 0 Å². The molecule has 0 saturated carbocycles. The minimum Gasteiger partial charge on any atom is -0.177 e. The number of halogens is 1. The lowest BCUT2D eigenvalue weighted by Gasteiger charge is -1.96. The Kier molecular flexibility index (Phi) is 1.91. The standard InChI is InChI=1S/C8H6BrN3/c9-12-8(6-10-11-12)7-4-2-1-3-5-7/h1-6H. The van der Waals surface area contributed by atoms with Crippen molar-refractivity contribution in [1.82, 2.24) is 14.0 Å². The number of hydrogen-bond acceptors (Lipinski definition) is 2. The summed E-state index contributed by atoms with van der Waals surface area (Å²) in [5, 5.41) is 7.54. The first-order valence-corrected chi connectivity index (χ1v) is 4.21. The van der Waals surface area contributed by atoms with Gasteiger partial charge in [-0.05, 0) is 0 Å². The fraction of sp³-hybridized carbons (Fsp3) is 0. The van der Waals surface area contributed by atoms with Crippen molar-refractivity contribution in [3.63, 3.8) is 0 Å². The molecule has 0 radical (unpaired) electrons. The van der Waals surface area contributed by atoms with E-state index in [1.165, 1.54) is 0 Å². The van der Waals surface area contributed by atoms with Gasteiger partial charge in [0, 0.05) is 5.56 Å². The number of nitrogens with zero attached hydrogens (tertiary/aromatic N) is 3. The van der Waals surface area contributed by atoms with Gasteiger partial charge in [0.25, 0.3) is 0 Å². The van der Waals surface area contributed by atoms with E-state index in [9.17, 15) is 0 Å². The molecule has 0 spiro atoms. The summed E-state index contributed by atoms with van der Waals surface area (Å²) in [7, 11) is 0. The van der Waals surface area contributed by atoms with Crippen LogP contribution in [0.2, 0.25) is 0 Å². The molecule has 0 amide bonds. The molecule has 0 bridgehead atoms. The number of benzene rings is 1. The predicted octanol–water partition coefficient (Wildman–Crippen LogP) is 2.10. The second-order valence-electron chi connectivity index (χ2n) is 2.35. The predicted molar refractivity (Wildman–Crippen MR) is 49.8 cm³/mol. The van der Waals surface area contributed by atoms with Gasteiger partial charge in [-0.2, -0.15) is 3.71 Å². The monoisotopic (exact) mass is 223 g/mol. The third-order valence-corrected chi connectivity index (χ3v) is 2.10. The van der Waals surface area contributed by atoms with Crippen LogP contribution in [0.3, 0.4) is 0 Å². The van der Waals surface area contributed by atoms with Crippen LogP contribution >= 0.6 is 16.1 Å². The highest BCUT2D eigenvalue weighted by Crippen LogP contribution is 2.17. The van der Waals surface area contributed by atoms with Crippen molar-refractivity contribution in [2.24, 2.45) is 0 Å². The van der Waals surface area contributed by atoms with E-state index in [1.807, 2.05) is 30.3 Å². The van der Waals surface area contributed by atoms with Crippen molar-refractivity contribution in [3.8, 4) is 11.3 Å². The molecule has 2 aromatic rings. The van der Waals surface area contributed by atoms with E-state index >= 15 is 0 Å². The van der Waals surface area contributed by atoms with E-state index in [0.717, 1.165) is 11.3 Å². The zero-order valence-corrected chi connectivity index (χ0v) is 7.77. The van der Waals surface area contributed by atoms with E-state index in [0.29, 0.717) is 0 Å². The van der Waals surface area contributed by atoms with Gasteiger partial charge >= 0.3 is 0 Å². The second kappa shape index (κ2) is 3.06. The van der Waals surface area contributed by atoms with Crippen molar-refractivity contribution in [3.05, 3.63) is 36.5 Å². The number of hydrogen-bond donors (Lipinski definition) is 0.